The lowest BCUT2D eigenvalue weighted by atomic mass is 10.0. The van der Waals surface area contributed by atoms with E-state index < -0.39 is 0 Å². The maximum Gasteiger partial charge on any atom is 0.231 e. The molecule has 1 atom stereocenters. The number of benzene rings is 1. The third-order valence-electron chi connectivity index (χ3n) is 2.69. The molecule has 2 N–H and O–H groups in total. The zero-order valence-corrected chi connectivity index (χ0v) is 10.3. The third kappa shape index (κ3) is 2.80. The molecule has 0 unspecified atom stereocenters. The van der Waals surface area contributed by atoms with E-state index in [1.165, 1.54) is 6.42 Å². The quantitative estimate of drug-likeness (QED) is 0.884. The molecule has 0 fully saturated rings. The number of unbranched alkanes of at least 4 members (excludes halogenated alkanes) is 1. The van der Waals surface area contributed by atoms with Crippen LogP contribution in [0, 0.1) is 0 Å². The first-order valence-electron chi connectivity index (χ1n) is 5.46. The van der Waals surface area contributed by atoms with Crippen LogP contribution in [-0.2, 0) is 0 Å². The van der Waals surface area contributed by atoms with Crippen molar-refractivity contribution in [2.45, 2.75) is 32.2 Å². The van der Waals surface area contributed by atoms with E-state index in [2.05, 4.69) is 6.92 Å². The molecule has 0 aliphatic carbocycles. The van der Waals surface area contributed by atoms with Gasteiger partial charge in [-0.1, -0.05) is 25.8 Å². The molecular weight excluding hydrogens is 226 g/mol. The molecular formula is C12H18ClNO2. The summed E-state index contributed by atoms with van der Waals surface area (Å²) in [6.07, 6.45) is 3.37. The van der Waals surface area contributed by atoms with Gasteiger partial charge >= 0.3 is 0 Å². The first-order valence-corrected chi connectivity index (χ1v) is 5.46. The predicted molar refractivity (Wildman–Crippen MR) is 66.3 cm³/mol. The summed E-state index contributed by atoms with van der Waals surface area (Å²) in [6, 6.07) is 6.06. The molecule has 0 aromatic heterocycles. The summed E-state index contributed by atoms with van der Waals surface area (Å²) in [5.41, 5.74) is 7.21. The summed E-state index contributed by atoms with van der Waals surface area (Å²) in [5, 5.41) is 0. The van der Waals surface area contributed by atoms with Crippen molar-refractivity contribution in [3.63, 3.8) is 0 Å². The molecule has 2 rings (SSSR count). The largest absolute Gasteiger partial charge is 0.454 e. The maximum absolute atomic E-state index is 6.08. The Morgan fingerprint density at radius 3 is 2.81 bits per heavy atom. The topological polar surface area (TPSA) is 44.5 Å². The Bertz CT molecular complexity index is 344. The van der Waals surface area contributed by atoms with E-state index in [1.54, 1.807) is 0 Å². The van der Waals surface area contributed by atoms with Gasteiger partial charge in [-0.15, -0.1) is 12.4 Å². The molecule has 3 nitrogen and oxygen atoms in total. The van der Waals surface area contributed by atoms with Crippen molar-refractivity contribution in [2.75, 3.05) is 6.79 Å². The second kappa shape index (κ2) is 5.97. The lowest BCUT2D eigenvalue weighted by Gasteiger charge is -2.11. The Morgan fingerprint density at radius 1 is 1.31 bits per heavy atom. The van der Waals surface area contributed by atoms with E-state index >= 15 is 0 Å². The van der Waals surface area contributed by atoms with Crippen molar-refractivity contribution in [1.82, 2.24) is 0 Å². The Balaban J connectivity index is 0.00000128. The van der Waals surface area contributed by atoms with E-state index in [-0.39, 0.29) is 18.4 Å². The number of hydrogen-bond acceptors (Lipinski definition) is 3. The van der Waals surface area contributed by atoms with E-state index in [0.29, 0.717) is 6.79 Å². The van der Waals surface area contributed by atoms with Crippen molar-refractivity contribution in [3.8, 4) is 11.5 Å². The van der Waals surface area contributed by atoms with Crippen LogP contribution in [0.1, 0.15) is 37.8 Å². The van der Waals surface area contributed by atoms with Crippen LogP contribution in [0.15, 0.2) is 18.2 Å². The number of nitrogens with two attached hydrogens (primary N) is 1. The summed E-state index contributed by atoms with van der Waals surface area (Å²) >= 11 is 0. The minimum Gasteiger partial charge on any atom is -0.454 e. The van der Waals surface area contributed by atoms with Crippen LogP contribution in [0.5, 0.6) is 11.5 Å². The van der Waals surface area contributed by atoms with Gasteiger partial charge in [0.05, 0.1) is 0 Å². The van der Waals surface area contributed by atoms with E-state index in [1.807, 2.05) is 18.2 Å². The highest BCUT2D eigenvalue weighted by Crippen LogP contribution is 2.34. The second-order valence-corrected chi connectivity index (χ2v) is 3.86. The Kier molecular flexibility index (Phi) is 4.90. The van der Waals surface area contributed by atoms with Crippen LogP contribution < -0.4 is 15.2 Å². The van der Waals surface area contributed by atoms with Crippen LogP contribution in [0.4, 0.5) is 0 Å². The normalized spacial score (nSPS) is 14.4. The Hall–Kier alpha value is -0.930. The van der Waals surface area contributed by atoms with Gasteiger partial charge in [-0.2, -0.15) is 0 Å². The molecule has 1 heterocycles. The highest BCUT2D eigenvalue weighted by Gasteiger charge is 2.15. The smallest absolute Gasteiger partial charge is 0.231 e. The van der Waals surface area contributed by atoms with E-state index in [0.717, 1.165) is 29.9 Å². The fourth-order valence-corrected chi connectivity index (χ4v) is 1.73. The second-order valence-electron chi connectivity index (χ2n) is 3.86. The molecule has 0 bridgehead atoms. The molecule has 16 heavy (non-hydrogen) atoms. The van der Waals surface area contributed by atoms with Crippen LogP contribution in [-0.4, -0.2) is 6.79 Å². The minimum atomic E-state index is 0. The standard InChI is InChI=1S/C12H17NO2.ClH/c1-2-3-4-10(13)9-5-6-11-12(7-9)15-8-14-11;/h5-7,10H,2-4,8,13H2,1H3;1H/t10-;/m1./s1. The fourth-order valence-electron chi connectivity index (χ4n) is 1.73. The van der Waals surface area contributed by atoms with Crippen LogP contribution in [0.2, 0.25) is 0 Å². The lowest BCUT2D eigenvalue weighted by molar-refractivity contribution is 0.174. The van der Waals surface area contributed by atoms with Gasteiger partial charge in [0, 0.05) is 6.04 Å². The summed E-state index contributed by atoms with van der Waals surface area (Å²) < 4.78 is 10.6. The zero-order valence-electron chi connectivity index (χ0n) is 9.44. The summed E-state index contributed by atoms with van der Waals surface area (Å²) in [4.78, 5) is 0. The molecule has 0 radical (unpaired) electrons. The summed E-state index contributed by atoms with van der Waals surface area (Å²) in [5.74, 6) is 1.64. The predicted octanol–water partition coefficient (Wildman–Crippen LogP) is 3.03. The number of hydrogen-bond donors (Lipinski definition) is 1. The van der Waals surface area contributed by atoms with Crippen LogP contribution >= 0.6 is 12.4 Å². The molecule has 4 heteroatoms. The van der Waals surface area contributed by atoms with E-state index in [4.69, 9.17) is 15.2 Å². The summed E-state index contributed by atoms with van der Waals surface area (Å²) in [6.45, 7) is 2.50. The molecule has 1 aliphatic heterocycles. The highest BCUT2D eigenvalue weighted by atomic mass is 35.5. The summed E-state index contributed by atoms with van der Waals surface area (Å²) in [7, 11) is 0. The molecule has 0 saturated heterocycles. The van der Waals surface area contributed by atoms with Crippen molar-refractivity contribution in [3.05, 3.63) is 23.8 Å². The Morgan fingerprint density at radius 2 is 2.06 bits per heavy atom. The van der Waals surface area contributed by atoms with Gasteiger partial charge in [-0.3, -0.25) is 0 Å². The Labute approximate surface area is 102 Å². The number of rotatable bonds is 4. The molecule has 0 amide bonds. The molecule has 0 spiro atoms. The molecule has 90 valence electrons. The third-order valence-corrected chi connectivity index (χ3v) is 2.69. The zero-order chi connectivity index (χ0) is 10.7. The lowest BCUT2D eigenvalue weighted by Crippen LogP contribution is -2.09. The minimum absolute atomic E-state index is 0. The van der Waals surface area contributed by atoms with Crippen molar-refractivity contribution in [1.29, 1.82) is 0 Å². The van der Waals surface area contributed by atoms with Crippen LogP contribution in [0.25, 0.3) is 0 Å². The van der Waals surface area contributed by atoms with Gasteiger partial charge in [-0.05, 0) is 24.1 Å². The van der Waals surface area contributed by atoms with E-state index in [9.17, 15) is 0 Å². The average Bonchev–Trinajstić information content (AvgIpc) is 2.72. The first kappa shape index (κ1) is 13.1. The molecule has 1 aromatic rings. The van der Waals surface area contributed by atoms with Gasteiger partial charge < -0.3 is 15.2 Å². The van der Waals surface area contributed by atoms with Crippen molar-refractivity contribution in [2.24, 2.45) is 5.73 Å². The van der Waals surface area contributed by atoms with Gasteiger partial charge in [-0.25, -0.2) is 0 Å². The van der Waals surface area contributed by atoms with Crippen molar-refractivity contribution < 1.29 is 9.47 Å². The van der Waals surface area contributed by atoms with Gasteiger partial charge in [0.15, 0.2) is 11.5 Å². The highest BCUT2D eigenvalue weighted by molar-refractivity contribution is 5.85. The number of halogens is 1. The monoisotopic (exact) mass is 243 g/mol. The average molecular weight is 244 g/mol. The van der Waals surface area contributed by atoms with Crippen LogP contribution in [0.3, 0.4) is 0 Å². The maximum atomic E-state index is 6.08. The number of fused-ring (bicyclic) bond motifs is 1. The number of ether oxygens (including phenoxy) is 2. The SMILES string of the molecule is CCCC[C@@H](N)c1ccc2c(c1)OCO2.Cl. The van der Waals surface area contributed by atoms with Gasteiger partial charge in [0.2, 0.25) is 6.79 Å². The van der Waals surface area contributed by atoms with Gasteiger partial charge in [0.1, 0.15) is 0 Å². The molecule has 1 aliphatic rings. The molecule has 1 aromatic carbocycles. The van der Waals surface area contributed by atoms with Crippen molar-refractivity contribution >= 4 is 12.4 Å². The first-order chi connectivity index (χ1) is 7.31. The fraction of sp³-hybridized carbons (Fsp3) is 0.500. The molecule has 0 saturated carbocycles. The van der Waals surface area contributed by atoms with Gasteiger partial charge in [0.25, 0.3) is 0 Å².